The molecule has 0 bridgehead atoms. The third kappa shape index (κ3) is 1.28. The molecule has 0 unspecified atom stereocenters. The van der Waals surface area contributed by atoms with Crippen LogP contribution in [0.15, 0.2) is 30.4 Å². The summed E-state index contributed by atoms with van der Waals surface area (Å²) in [4.78, 5) is 11.5. The van der Waals surface area contributed by atoms with E-state index in [4.69, 9.17) is 0 Å². The first-order valence-electron chi connectivity index (χ1n) is 4.19. The molecule has 0 saturated carbocycles. The number of hydrogen-bond donors (Lipinski definition) is 0. The van der Waals surface area contributed by atoms with Gasteiger partial charge in [-0.1, -0.05) is 12.6 Å². The molecule has 0 amide bonds. The predicted molar refractivity (Wildman–Crippen MR) is 48.2 cm³/mol. The second kappa shape index (κ2) is 2.80. The van der Waals surface area contributed by atoms with E-state index in [0.29, 0.717) is 17.6 Å². The molecule has 0 aromatic heterocycles. The van der Waals surface area contributed by atoms with Gasteiger partial charge in [-0.25, -0.2) is 4.39 Å². The topological polar surface area (TPSA) is 17.1 Å². The number of benzene rings is 1. The number of Topliss-reactive ketones (excluding diaryl/α,β-unsaturated/α-hetero) is 1. The lowest BCUT2D eigenvalue weighted by Gasteiger charge is -2.15. The molecule has 2 rings (SSSR count). The maximum atomic E-state index is 12.8. The molecule has 1 aliphatic carbocycles. The average Bonchev–Trinajstić information content (AvgIpc) is 2.12. The average molecular weight is 176 g/mol. The Kier molecular flexibility index (Phi) is 1.76. The van der Waals surface area contributed by atoms with E-state index in [1.807, 2.05) is 0 Å². The summed E-state index contributed by atoms with van der Waals surface area (Å²) in [6.07, 6.45) is 1.48. The number of fused-ring (bicyclic) bond motifs is 1. The van der Waals surface area contributed by atoms with Gasteiger partial charge in [0.25, 0.3) is 0 Å². The van der Waals surface area contributed by atoms with E-state index in [-0.39, 0.29) is 11.6 Å². The van der Waals surface area contributed by atoms with Gasteiger partial charge >= 0.3 is 0 Å². The van der Waals surface area contributed by atoms with Crippen LogP contribution in [0.5, 0.6) is 0 Å². The van der Waals surface area contributed by atoms with Gasteiger partial charge in [-0.3, -0.25) is 4.79 Å². The molecule has 0 fully saturated rings. The van der Waals surface area contributed by atoms with Crippen molar-refractivity contribution >= 4 is 5.78 Å². The monoisotopic (exact) mass is 176 g/mol. The Labute approximate surface area is 75.9 Å². The summed E-state index contributed by atoms with van der Waals surface area (Å²) >= 11 is 0. The smallest absolute Gasteiger partial charge is 0.188 e. The minimum absolute atomic E-state index is 0.110. The number of carbonyl (C=O) groups is 1. The van der Waals surface area contributed by atoms with Crippen molar-refractivity contribution < 1.29 is 9.18 Å². The fraction of sp³-hybridized carbons (Fsp3) is 0.182. The van der Waals surface area contributed by atoms with Crippen molar-refractivity contribution in [2.45, 2.75) is 12.8 Å². The lowest BCUT2D eigenvalue weighted by atomic mass is 9.88. The number of carbonyl (C=O) groups excluding carboxylic acids is 1. The molecule has 1 nitrogen and oxygen atoms in total. The zero-order valence-corrected chi connectivity index (χ0v) is 7.14. The Bertz CT molecular complexity index is 393. The zero-order valence-electron chi connectivity index (χ0n) is 7.14. The maximum absolute atomic E-state index is 12.8. The molecule has 1 aliphatic rings. The van der Waals surface area contributed by atoms with Gasteiger partial charge in [0.05, 0.1) is 0 Å². The Balaban J connectivity index is 2.58. The first-order valence-corrected chi connectivity index (χ1v) is 4.19. The molecule has 0 spiro atoms. The second-order valence-electron chi connectivity index (χ2n) is 3.23. The molecule has 1 aromatic carbocycles. The standard InChI is InChI=1S/C11H9FO/c1-7-2-3-8-4-5-9(12)6-10(8)11(7)13/h4-6H,1-3H2. The molecule has 0 atom stereocenters. The van der Waals surface area contributed by atoms with Crippen LogP contribution in [-0.4, -0.2) is 5.78 Å². The van der Waals surface area contributed by atoms with Crippen molar-refractivity contribution in [3.8, 4) is 0 Å². The van der Waals surface area contributed by atoms with E-state index in [9.17, 15) is 9.18 Å². The second-order valence-corrected chi connectivity index (χ2v) is 3.23. The highest BCUT2D eigenvalue weighted by Gasteiger charge is 2.20. The third-order valence-corrected chi connectivity index (χ3v) is 2.33. The molecule has 0 radical (unpaired) electrons. The van der Waals surface area contributed by atoms with Crippen LogP contribution in [0.4, 0.5) is 4.39 Å². The molecule has 0 saturated heterocycles. The molecular formula is C11H9FO. The Morgan fingerprint density at radius 3 is 2.85 bits per heavy atom. The van der Waals surface area contributed by atoms with Crippen LogP contribution in [-0.2, 0) is 6.42 Å². The fourth-order valence-corrected chi connectivity index (χ4v) is 1.57. The van der Waals surface area contributed by atoms with E-state index in [1.54, 1.807) is 6.07 Å². The van der Waals surface area contributed by atoms with Crippen molar-refractivity contribution in [2.24, 2.45) is 0 Å². The number of hydrogen-bond acceptors (Lipinski definition) is 1. The summed E-state index contributed by atoms with van der Waals surface area (Å²) in [6, 6.07) is 4.36. The summed E-state index contributed by atoms with van der Waals surface area (Å²) < 4.78 is 12.8. The summed E-state index contributed by atoms with van der Waals surface area (Å²) in [7, 11) is 0. The molecule has 2 heteroatoms. The van der Waals surface area contributed by atoms with E-state index in [1.165, 1.54) is 12.1 Å². The van der Waals surface area contributed by atoms with Crippen LogP contribution >= 0.6 is 0 Å². The van der Waals surface area contributed by atoms with Gasteiger partial charge in [0, 0.05) is 5.56 Å². The van der Waals surface area contributed by atoms with E-state index < -0.39 is 0 Å². The maximum Gasteiger partial charge on any atom is 0.188 e. The summed E-state index contributed by atoms with van der Waals surface area (Å²) in [6.45, 7) is 3.65. The van der Waals surface area contributed by atoms with Crippen LogP contribution in [0.1, 0.15) is 22.3 Å². The van der Waals surface area contributed by atoms with E-state index in [0.717, 1.165) is 12.0 Å². The molecular weight excluding hydrogens is 167 g/mol. The Morgan fingerprint density at radius 2 is 2.08 bits per heavy atom. The number of halogens is 1. The van der Waals surface area contributed by atoms with Crippen molar-refractivity contribution in [1.29, 1.82) is 0 Å². The third-order valence-electron chi connectivity index (χ3n) is 2.33. The number of ketones is 1. The van der Waals surface area contributed by atoms with E-state index in [2.05, 4.69) is 6.58 Å². The quantitative estimate of drug-likeness (QED) is 0.555. The fourth-order valence-electron chi connectivity index (χ4n) is 1.57. The molecule has 13 heavy (non-hydrogen) atoms. The number of aryl methyl sites for hydroxylation is 1. The van der Waals surface area contributed by atoms with Crippen LogP contribution in [0.2, 0.25) is 0 Å². The normalized spacial score (nSPS) is 15.8. The molecule has 66 valence electrons. The van der Waals surface area contributed by atoms with Crippen molar-refractivity contribution in [2.75, 3.05) is 0 Å². The van der Waals surface area contributed by atoms with Crippen molar-refractivity contribution in [1.82, 2.24) is 0 Å². The minimum atomic E-state index is -0.359. The van der Waals surface area contributed by atoms with Crippen LogP contribution < -0.4 is 0 Å². The highest BCUT2D eigenvalue weighted by molar-refractivity contribution is 6.10. The summed E-state index contributed by atoms with van der Waals surface area (Å²) in [5.74, 6) is -0.470. The van der Waals surface area contributed by atoms with Gasteiger partial charge in [-0.2, -0.15) is 0 Å². The minimum Gasteiger partial charge on any atom is -0.289 e. The Morgan fingerprint density at radius 1 is 1.31 bits per heavy atom. The van der Waals surface area contributed by atoms with Crippen LogP contribution in [0.25, 0.3) is 0 Å². The van der Waals surface area contributed by atoms with Gasteiger partial charge in [0.1, 0.15) is 5.82 Å². The van der Waals surface area contributed by atoms with E-state index >= 15 is 0 Å². The summed E-state index contributed by atoms with van der Waals surface area (Å²) in [5.41, 5.74) is 1.99. The van der Waals surface area contributed by atoms with Gasteiger partial charge in [-0.05, 0) is 36.1 Å². The molecule has 0 aliphatic heterocycles. The zero-order chi connectivity index (χ0) is 9.42. The molecule has 0 heterocycles. The first-order chi connectivity index (χ1) is 6.18. The lowest BCUT2D eigenvalue weighted by Crippen LogP contribution is -2.13. The van der Waals surface area contributed by atoms with Crippen molar-refractivity contribution in [3.63, 3.8) is 0 Å². The molecule has 0 N–H and O–H groups in total. The van der Waals surface area contributed by atoms with Crippen LogP contribution in [0, 0.1) is 5.82 Å². The summed E-state index contributed by atoms with van der Waals surface area (Å²) in [5, 5.41) is 0. The van der Waals surface area contributed by atoms with Crippen molar-refractivity contribution in [3.05, 3.63) is 47.3 Å². The first kappa shape index (κ1) is 8.17. The van der Waals surface area contributed by atoms with Gasteiger partial charge < -0.3 is 0 Å². The number of rotatable bonds is 0. The van der Waals surface area contributed by atoms with Gasteiger partial charge in [0.2, 0.25) is 0 Å². The Hall–Kier alpha value is -1.44. The van der Waals surface area contributed by atoms with Crippen LogP contribution in [0.3, 0.4) is 0 Å². The number of allylic oxidation sites excluding steroid dienone is 1. The van der Waals surface area contributed by atoms with Gasteiger partial charge in [-0.15, -0.1) is 0 Å². The largest absolute Gasteiger partial charge is 0.289 e. The highest BCUT2D eigenvalue weighted by Crippen LogP contribution is 2.24. The molecule has 1 aromatic rings. The highest BCUT2D eigenvalue weighted by atomic mass is 19.1. The SMILES string of the molecule is C=C1CCc2ccc(F)cc2C1=O. The lowest BCUT2D eigenvalue weighted by molar-refractivity contribution is 0.102. The van der Waals surface area contributed by atoms with Gasteiger partial charge in [0.15, 0.2) is 5.78 Å². The predicted octanol–water partition coefficient (Wildman–Crippen LogP) is 2.51.